The number of aromatic hydroxyl groups is 2. The van der Waals surface area contributed by atoms with Gasteiger partial charge in [-0.2, -0.15) is 0 Å². The molecule has 0 bridgehead atoms. The lowest BCUT2D eigenvalue weighted by Crippen LogP contribution is -2.24. The molecule has 2 aromatic carbocycles. The molecule has 0 saturated heterocycles. The van der Waals surface area contributed by atoms with Gasteiger partial charge >= 0.3 is 0 Å². The largest absolute Gasteiger partial charge is 0.507 e. The summed E-state index contributed by atoms with van der Waals surface area (Å²) in [6.07, 6.45) is -0.140. The zero-order chi connectivity index (χ0) is 18.5. The molecule has 0 spiro atoms. The molecular formula is C20H18O5. The highest BCUT2D eigenvalue weighted by atomic mass is 16.3. The van der Waals surface area contributed by atoms with Gasteiger partial charge in [0.25, 0.3) is 0 Å². The Kier molecular flexibility index (Phi) is 3.75. The number of ketones is 3. The minimum absolute atomic E-state index is 0.136. The van der Waals surface area contributed by atoms with Gasteiger partial charge in [0.15, 0.2) is 11.6 Å². The highest BCUT2D eigenvalue weighted by molar-refractivity contribution is 6.30. The second kappa shape index (κ2) is 5.55. The van der Waals surface area contributed by atoms with E-state index in [0.29, 0.717) is 0 Å². The molecule has 0 saturated carbocycles. The number of benzene rings is 2. The molecule has 25 heavy (non-hydrogen) atoms. The standard InChI is InChI=1S/C20H18O5/c1-20(2,3)14(22)9-10-8-13(21)15-16(17(10)23)19(25)12-7-5-4-6-11(12)18(15)24/h4-8,21,23H,9H2,1-3H3. The molecule has 0 heterocycles. The van der Waals surface area contributed by atoms with E-state index < -0.39 is 28.5 Å². The number of carbonyl (C=O) groups excluding carboxylic acids is 3. The maximum Gasteiger partial charge on any atom is 0.198 e. The number of phenols is 2. The molecule has 0 atom stereocenters. The molecule has 0 aromatic heterocycles. The van der Waals surface area contributed by atoms with Crippen molar-refractivity contribution in [2.75, 3.05) is 0 Å². The third-order valence-electron chi connectivity index (χ3n) is 4.42. The fraction of sp³-hybridized carbons (Fsp3) is 0.250. The molecule has 5 nitrogen and oxygen atoms in total. The minimum Gasteiger partial charge on any atom is -0.507 e. The predicted molar refractivity (Wildman–Crippen MR) is 91.2 cm³/mol. The van der Waals surface area contributed by atoms with Crippen LogP contribution in [-0.2, 0) is 11.2 Å². The number of hydrogen-bond donors (Lipinski definition) is 2. The molecule has 1 aliphatic rings. The van der Waals surface area contributed by atoms with Crippen molar-refractivity contribution in [1.29, 1.82) is 0 Å². The van der Waals surface area contributed by atoms with E-state index in [1.807, 2.05) is 0 Å². The summed E-state index contributed by atoms with van der Waals surface area (Å²) < 4.78 is 0. The summed E-state index contributed by atoms with van der Waals surface area (Å²) in [5.41, 5.74) is -0.586. The van der Waals surface area contributed by atoms with Gasteiger partial charge in [0.05, 0.1) is 11.1 Å². The van der Waals surface area contributed by atoms with E-state index in [2.05, 4.69) is 0 Å². The summed E-state index contributed by atoms with van der Waals surface area (Å²) in [5, 5.41) is 20.8. The first-order valence-electron chi connectivity index (χ1n) is 7.92. The normalized spacial score (nSPS) is 13.4. The molecule has 2 N–H and O–H groups in total. The van der Waals surface area contributed by atoms with Crippen LogP contribution in [0.5, 0.6) is 11.5 Å². The number of rotatable bonds is 2. The quantitative estimate of drug-likeness (QED) is 0.701. The van der Waals surface area contributed by atoms with Crippen molar-refractivity contribution >= 4 is 17.3 Å². The smallest absolute Gasteiger partial charge is 0.198 e. The Labute approximate surface area is 144 Å². The van der Waals surface area contributed by atoms with Crippen LogP contribution in [0.3, 0.4) is 0 Å². The number of phenolic OH excluding ortho intramolecular Hbond substituents is 2. The fourth-order valence-electron chi connectivity index (χ4n) is 2.88. The molecule has 128 valence electrons. The Morgan fingerprint density at radius 2 is 1.48 bits per heavy atom. The molecule has 0 amide bonds. The van der Waals surface area contributed by atoms with Crippen LogP contribution < -0.4 is 0 Å². The zero-order valence-electron chi connectivity index (χ0n) is 14.2. The minimum atomic E-state index is -0.635. The predicted octanol–water partition coefficient (Wildman–Crippen LogP) is 3.03. The monoisotopic (exact) mass is 338 g/mol. The van der Waals surface area contributed by atoms with E-state index in [1.165, 1.54) is 18.2 Å². The van der Waals surface area contributed by atoms with E-state index >= 15 is 0 Å². The number of Topliss-reactive ketones (excluding diaryl/α,β-unsaturated/α-hetero) is 1. The fourth-order valence-corrected chi connectivity index (χ4v) is 2.88. The molecule has 1 aliphatic carbocycles. The first kappa shape index (κ1) is 16.9. The molecule has 0 fully saturated rings. The van der Waals surface area contributed by atoms with Gasteiger partial charge < -0.3 is 10.2 Å². The second-order valence-corrected chi connectivity index (χ2v) is 7.21. The third kappa shape index (κ3) is 2.61. The maximum absolute atomic E-state index is 12.8. The van der Waals surface area contributed by atoms with E-state index in [9.17, 15) is 24.6 Å². The summed E-state index contributed by atoms with van der Waals surface area (Å²) >= 11 is 0. The lowest BCUT2D eigenvalue weighted by Gasteiger charge is -2.22. The Morgan fingerprint density at radius 1 is 0.960 bits per heavy atom. The SMILES string of the molecule is CC(C)(C)C(=O)Cc1cc(O)c2c(c1O)C(=O)c1ccccc1C2=O. The van der Waals surface area contributed by atoms with Crippen molar-refractivity contribution < 1.29 is 24.6 Å². The first-order chi connectivity index (χ1) is 11.6. The average Bonchev–Trinajstić information content (AvgIpc) is 2.54. The van der Waals surface area contributed by atoms with Gasteiger partial charge in [-0.05, 0) is 6.07 Å². The summed E-state index contributed by atoms with van der Waals surface area (Å²) in [6.45, 7) is 5.24. The van der Waals surface area contributed by atoms with E-state index in [-0.39, 0.29) is 40.0 Å². The third-order valence-corrected chi connectivity index (χ3v) is 4.42. The zero-order valence-corrected chi connectivity index (χ0v) is 14.2. The average molecular weight is 338 g/mol. The molecular weight excluding hydrogens is 320 g/mol. The summed E-state index contributed by atoms with van der Waals surface area (Å²) in [5.74, 6) is -2.04. The van der Waals surface area contributed by atoms with Crippen molar-refractivity contribution in [3.63, 3.8) is 0 Å². The molecule has 5 heteroatoms. The van der Waals surface area contributed by atoms with E-state index in [1.54, 1.807) is 32.9 Å². The summed E-state index contributed by atoms with van der Waals surface area (Å²) in [4.78, 5) is 37.6. The van der Waals surface area contributed by atoms with E-state index in [4.69, 9.17) is 0 Å². The van der Waals surface area contributed by atoms with Gasteiger partial charge in [-0.25, -0.2) is 0 Å². The van der Waals surface area contributed by atoms with Gasteiger partial charge in [-0.15, -0.1) is 0 Å². The van der Waals surface area contributed by atoms with Crippen LogP contribution in [0.4, 0.5) is 0 Å². The topological polar surface area (TPSA) is 91.7 Å². The first-order valence-corrected chi connectivity index (χ1v) is 7.92. The Balaban J connectivity index is 2.19. The van der Waals surface area contributed by atoms with Crippen LogP contribution in [0.2, 0.25) is 0 Å². The van der Waals surface area contributed by atoms with Gasteiger partial charge in [0.2, 0.25) is 0 Å². The van der Waals surface area contributed by atoms with Crippen LogP contribution in [0.1, 0.15) is 58.2 Å². The van der Waals surface area contributed by atoms with Gasteiger partial charge in [-0.1, -0.05) is 45.0 Å². The Morgan fingerprint density at radius 3 is 2.00 bits per heavy atom. The Bertz CT molecular complexity index is 932. The number of carbonyl (C=O) groups is 3. The summed E-state index contributed by atoms with van der Waals surface area (Å²) in [6, 6.07) is 7.45. The Hall–Kier alpha value is -2.95. The molecule has 0 unspecified atom stereocenters. The van der Waals surface area contributed by atoms with Crippen molar-refractivity contribution in [3.8, 4) is 11.5 Å². The van der Waals surface area contributed by atoms with Crippen molar-refractivity contribution in [2.45, 2.75) is 27.2 Å². The van der Waals surface area contributed by atoms with Crippen LogP contribution in [0.25, 0.3) is 0 Å². The van der Waals surface area contributed by atoms with Crippen molar-refractivity contribution in [1.82, 2.24) is 0 Å². The van der Waals surface area contributed by atoms with Gasteiger partial charge in [0, 0.05) is 28.5 Å². The second-order valence-electron chi connectivity index (χ2n) is 7.21. The lowest BCUT2D eigenvalue weighted by atomic mass is 9.80. The van der Waals surface area contributed by atoms with Crippen LogP contribution in [0, 0.1) is 5.41 Å². The lowest BCUT2D eigenvalue weighted by molar-refractivity contribution is -0.125. The maximum atomic E-state index is 12.8. The van der Waals surface area contributed by atoms with Crippen LogP contribution in [-0.4, -0.2) is 27.6 Å². The number of hydrogen-bond acceptors (Lipinski definition) is 5. The molecule has 3 rings (SSSR count). The van der Waals surface area contributed by atoms with Crippen molar-refractivity contribution in [2.24, 2.45) is 5.41 Å². The summed E-state index contributed by atoms with van der Waals surface area (Å²) in [7, 11) is 0. The number of fused-ring (bicyclic) bond motifs is 2. The molecule has 2 aromatic rings. The van der Waals surface area contributed by atoms with Gasteiger partial charge in [0.1, 0.15) is 17.3 Å². The molecule has 0 radical (unpaired) electrons. The highest BCUT2D eigenvalue weighted by Crippen LogP contribution is 2.40. The van der Waals surface area contributed by atoms with Gasteiger partial charge in [-0.3, -0.25) is 14.4 Å². The molecule has 0 aliphatic heterocycles. The highest BCUT2D eigenvalue weighted by Gasteiger charge is 2.36. The van der Waals surface area contributed by atoms with Crippen molar-refractivity contribution in [3.05, 3.63) is 58.1 Å². The van der Waals surface area contributed by atoms with Crippen LogP contribution >= 0.6 is 0 Å². The van der Waals surface area contributed by atoms with E-state index in [0.717, 1.165) is 0 Å². The van der Waals surface area contributed by atoms with Crippen LogP contribution in [0.15, 0.2) is 30.3 Å².